The van der Waals surface area contributed by atoms with Gasteiger partial charge in [0.15, 0.2) is 0 Å². The minimum Gasteiger partial charge on any atom is -0.480 e. The van der Waals surface area contributed by atoms with E-state index < -0.39 is 12.0 Å². The minimum atomic E-state index is -1.03. The maximum absolute atomic E-state index is 11.9. The van der Waals surface area contributed by atoms with Crippen LogP contribution in [0.2, 0.25) is 0 Å². The van der Waals surface area contributed by atoms with E-state index in [-0.39, 0.29) is 5.91 Å². The maximum atomic E-state index is 11.9. The van der Waals surface area contributed by atoms with Crippen molar-refractivity contribution < 1.29 is 14.7 Å². The minimum absolute atomic E-state index is 0.317. The van der Waals surface area contributed by atoms with Crippen molar-refractivity contribution in [2.75, 3.05) is 7.05 Å². The Kier molecular flexibility index (Phi) is 4.06. The average Bonchev–Trinajstić information content (AvgIpc) is 2.26. The molecule has 86 valence electrons. The Morgan fingerprint density at radius 2 is 1.94 bits per heavy atom. The summed E-state index contributed by atoms with van der Waals surface area (Å²) in [6, 6.07) is 6.07. The molecule has 0 bridgehead atoms. The van der Waals surface area contributed by atoms with Gasteiger partial charge in [0, 0.05) is 11.5 Å². The molecule has 0 saturated heterocycles. The van der Waals surface area contributed by atoms with Crippen LogP contribution < -0.4 is 0 Å². The van der Waals surface area contributed by atoms with Crippen molar-refractivity contribution in [2.45, 2.75) is 13.0 Å². The normalized spacial score (nSPS) is 11.9. The van der Waals surface area contributed by atoms with Gasteiger partial charge in [-0.25, -0.2) is 4.79 Å². The summed E-state index contributed by atoms with van der Waals surface area (Å²) in [6.07, 6.45) is 0. The zero-order chi connectivity index (χ0) is 12.3. The number of carboxylic acids is 1. The van der Waals surface area contributed by atoms with Gasteiger partial charge in [0.05, 0.1) is 5.56 Å². The molecule has 4 nitrogen and oxygen atoms in total. The van der Waals surface area contributed by atoms with Crippen LogP contribution in [-0.2, 0) is 4.79 Å². The van der Waals surface area contributed by atoms with E-state index in [1.807, 2.05) is 0 Å². The molecule has 5 heteroatoms. The molecule has 1 amide bonds. The van der Waals surface area contributed by atoms with Gasteiger partial charge >= 0.3 is 5.97 Å². The first-order valence-electron chi connectivity index (χ1n) is 4.69. The van der Waals surface area contributed by atoms with Crippen LogP contribution in [0, 0.1) is 0 Å². The van der Waals surface area contributed by atoms with Crippen LogP contribution in [0.25, 0.3) is 0 Å². The summed E-state index contributed by atoms with van der Waals surface area (Å²) in [5.41, 5.74) is 0.457. The fourth-order valence-electron chi connectivity index (χ4n) is 1.17. The molecule has 1 unspecified atom stereocenters. The zero-order valence-corrected chi connectivity index (χ0v) is 10.6. The number of halogens is 1. The number of rotatable bonds is 3. The smallest absolute Gasteiger partial charge is 0.326 e. The molecule has 0 radical (unpaired) electrons. The molecule has 0 fully saturated rings. The number of hydrogen-bond acceptors (Lipinski definition) is 2. The second kappa shape index (κ2) is 5.12. The summed E-state index contributed by atoms with van der Waals surface area (Å²) in [7, 11) is 1.47. The largest absolute Gasteiger partial charge is 0.480 e. The number of carboxylic acid groups (broad SMARTS) is 1. The summed E-state index contributed by atoms with van der Waals surface area (Å²) in [6.45, 7) is 1.47. The molecule has 1 rings (SSSR count). The Morgan fingerprint density at radius 1 is 1.38 bits per heavy atom. The van der Waals surface area contributed by atoms with Gasteiger partial charge < -0.3 is 10.0 Å². The lowest BCUT2D eigenvalue weighted by Gasteiger charge is -2.21. The molecule has 0 aliphatic heterocycles. The van der Waals surface area contributed by atoms with Gasteiger partial charge in [-0.1, -0.05) is 12.1 Å². The highest BCUT2D eigenvalue weighted by Crippen LogP contribution is 2.18. The van der Waals surface area contributed by atoms with Crippen molar-refractivity contribution in [1.29, 1.82) is 0 Å². The van der Waals surface area contributed by atoms with Crippen LogP contribution in [0.15, 0.2) is 28.7 Å². The Balaban J connectivity index is 2.95. The van der Waals surface area contributed by atoms with Gasteiger partial charge in [-0.2, -0.15) is 0 Å². The Labute approximate surface area is 102 Å². The molecule has 1 N–H and O–H groups in total. The number of benzene rings is 1. The van der Waals surface area contributed by atoms with Crippen molar-refractivity contribution in [3.05, 3.63) is 34.3 Å². The van der Waals surface area contributed by atoms with E-state index in [1.54, 1.807) is 24.3 Å². The number of amides is 1. The summed E-state index contributed by atoms with van der Waals surface area (Å²) in [5, 5.41) is 8.81. The number of aliphatic carboxylic acids is 1. The summed E-state index contributed by atoms with van der Waals surface area (Å²) in [4.78, 5) is 23.9. The van der Waals surface area contributed by atoms with Crippen LogP contribution in [0.3, 0.4) is 0 Å². The first kappa shape index (κ1) is 12.7. The first-order valence-corrected chi connectivity index (χ1v) is 5.49. The van der Waals surface area contributed by atoms with Crippen molar-refractivity contribution in [3.8, 4) is 0 Å². The topological polar surface area (TPSA) is 57.6 Å². The third-order valence-electron chi connectivity index (χ3n) is 2.36. The Bertz CT molecular complexity index is 419. The highest BCUT2D eigenvalue weighted by atomic mass is 79.9. The second-order valence-corrected chi connectivity index (χ2v) is 4.26. The summed E-state index contributed by atoms with van der Waals surface area (Å²) in [5.74, 6) is -1.34. The van der Waals surface area contributed by atoms with Crippen LogP contribution >= 0.6 is 15.9 Å². The maximum Gasteiger partial charge on any atom is 0.326 e. The van der Waals surface area contributed by atoms with Crippen molar-refractivity contribution in [1.82, 2.24) is 4.90 Å². The lowest BCUT2D eigenvalue weighted by Crippen LogP contribution is -2.40. The predicted octanol–water partition coefficient (Wildman–Crippen LogP) is 1.99. The lowest BCUT2D eigenvalue weighted by atomic mass is 10.2. The van der Waals surface area contributed by atoms with E-state index in [1.165, 1.54) is 18.9 Å². The van der Waals surface area contributed by atoms with Crippen molar-refractivity contribution in [3.63, 3.8) is 0 Å². The number of likely N-dealkylation sites (N-methyl/N-ethyl adjacent to an activating group) is 1. The first-order chi connectivity index (χ1) is 7.45. The van der Waals surface area contributed by atoms with Gasteiger partial charge in [0.25, 0.3) is 5.91 Å². The molecule has 16 heavy (non-hydrogen) atoms. The second-order valence-electron chi connectivity index (χ2n) is 3.41. The molecular formula is C11H12BrNO3. The monoisotopic (exact) mass is 285 g/mol. The van der Waals surface area contributed by atoms with Crippen LogP contribution in [-0.4, -0.2) is 35.0 Å². The third kappa shape index (κ3) is 2.61. The Hall–Kier alpha value is -1.36. The fourth-order valence-corrected chi connectivity index (χ4v) is 1.62. The number of hydrogen-bond donors (Lipinski definition) is 1. The molecule has 0 spiro atoms. The van der Waals surface area contributed by atoms with E-state index in [0.29, 0.717) is 10.0 Å². The van der Waals surface area contributed by atoms with Gasteiger partial charge in [-0.15, -0.1) is 0 Å². The predicted molar refractivity (Wildman–Crippen MR) is 63.3 cm³/mol. The summed E-state index contributed by atoms with van der Waals surface area (Å²) < 4.78 is 0.657. The van der Waals surface area contributed by atoms with Crippen LogP contribution in [0.5, 0.6) is 0 Å². The van der Waals surface area contributed by atoms with E-state index in [4.69, 9.17) is 5.11 Å². The zero-order valence-electron chi connectivity index (χ0n) is 8.98. The molecule has 0 saturated carbocycles. The molecule has 1 atom stereocenters. The average molecular weight is 286 g/mol. The lowest BCUT2D eigenvalue weighted by molar-refractivity contribution is -0.141. The quantitative estimate of drug-likeness (QED) is 0.924. The van der Waals surface area contributed by atoms with Gasteiger partial charge in [-0.3, -0.25) is 4.79 Å². The van der Waals surface area contributed by atoms with E-state index in [0.717, 1.165) is 0 Å². The number of nitrogens with zero attached hydrogens (tertiary/aromatic N) is 1. The van der Waals surface area contributed by atoms with Gasteiger partial charge in [-0.05, 0) is 35.0 Å². The van der Waals surface area contributed by atoms with Gasteiger partial charge in [0.2, 0.25) is 0 Å². The molecular weight excluding hydrogens is 274 g/mol. The van der Waals surface area contributed by atoms with E-state index in [9.17, 15) is 9.59 Å². The molecule has 0 aliphatic carbocycles. The van der Waals surface area contributed by atoms with Crippen molar-refractivity contribution >= 4 is 27.8 Å². The van der Waals surface area contributed by atoms with Gasteiger partial charge in [0.1, 0.15) is 6.04 Å². The highest BCUT2D eigenvalue weighted by molar-refractivity contribution is 9.10. The van der Waals surface area contributed by atoms with Crippen LogP contribution in [0.4, 0.5) is 0 Å². The van der Waals surface area contributed by atoms with Crippen LogP contribution in [0.1, 0.15) is 17.3 Å². The van der Waals surface area contributed by atoms with E-state index in [2.05, 4.69) is 15.9 Å². The fraction of sp³-hybridized carbons (Fsp3) is 0.273. The highest BCUT2D eigenvalue weighted by Gasteiger charge is 2.23. The molecule has 1 aromatic carbocycles. The Morgan fingerprint density at radius 3 is 2.44 bits per heavy atom. The molecule has 0 aliphatic rings. The molecule has 1 aromatic rings. The number of carbonyl (C=O) groups is 2. The standard InChI is InChI=1S/C11H12BrNO3/c1-7(11(15)16)13(2)10(14)8-5-3-4-6-9(8)12/h3-7H,1-2H3,(H,15,16). The van der Waals surface area contributed by atoms with E-state index >= 15 is 0 Å². The SMILES string of the molecule is CC(C(=O)O)N(C)C(=O)c1ccccc1Br. The number of carbonyl (C=O) groups excluding carboxylic acids is 1. The summed E-state index contributed by atoms with van der Waals surface area (Å²) >= 11 is 3.26. The van der Waals surface area contributed by atoms with Crippen molar-refractivity contribution in [2.24, 2.45) is 0 Å². The third-order valence-corrected chi connectivity index (χ3v) is 3.05. The molecule has 0 aromatic heterocycles. The molecule has 0 heterocycles.